The van der Waals surface area contributed by atoms with Crippen LogP contribution in [0.15, 0.2) is 11.5 Å². The van der Waals surface area contributed by atoms with Gasteiger partial charge < -0.3 is 0 Å². The van der Waals surface area contributed by atoms with E-state index in [1.807, 2.05) is 11.8 Å². The van der Waals surface area contributed by atoms with Crippen LogP contribution >= 0.6 is 11.8 Å². The quantitative estimate of drug-likeness (QED) is 0.465. The first kappa shape index (κ1) is 5.23. The van der Waals surface area contributed by atoms with E-state index in [1.165, 1.54) is 17.1 Å². The van der Waals surface area contributed by atoms with Crippen LogP contribution in [0.25, 0.3) is 0 Å². The Morgan fingerprint density at radius 3 is 2.71 bits per heavy atom. The standard InChI is InChI=1S/C6H10S/c1-5-3-4-7-6(5)2/h5H,2-4H2,1H3. The number of allylic oxidation sites excluding steroid dienone is 1. The van der Waals surface area contributed by atoms with Crippen molar-refractivity contribution in [2.45, 2.75) is 13.3 Å². The predicted octanol–water partition coefficient (Wildman–Crippen LogP) is 2.27. The molecule has 0 saturated carbocycles. The summed E-state index contributed by atoms with van der Waals surface area (Å²) < 4.78 is 0. The van der Waals surface area contributed by atoms with Gasteiger partial charge in [0.25, 0.3) is 0 Å². The van der Waals surface area contributed by atoms with Crippen molar-refractivity contribution in [2.24, 2.45) is 5.92 Å². The second kappa shape index (κ2) is 1.91. The molecule has 0 nitrogen and oxygen atoms in total. The van der Waals surface area contributed by atoms with Gasteiger partial charge in [-0.25, -0.2) is 0 Å². The Morgan fingerprint density at radius 2 is 2.57 bits per heavy atom. The van der Waals surface area contributed by atoms with Gasteiger partial charge in [0, 0.05) is 0 Å². The van der Waals surface area contributed by atoms with Crippen LogP contribution in [0.1, 0.15) is 13.3 Å². The summed E-state index contributed by atoms with van der Waals surface area (Å²) in [4.78, 5) is 1.38. The number of hydrogen-bond acceptors (Lipinski definition) is 1. The van der Waals surface area contributed by atoms with E-state index in [1.54, 1.807) is 0 Å². The highest BCUT2D eigenvalue weighted by molar-refractivity contribution is 8.03. The average molecular weight is 114 g/mol. The zero-order valence-electron chi connectivity index (χ0n) is 4.61. The Labute approximate surface area is 49.0 Å². The summed E-state index contributed by atoms with van der Waals surface area (Å²) in [7, 11) is 0. The maximum Gasteiger partial charge on any atom is -0.00174 e. The normalized spacial score (nSPS) is 31.6. The van der Waals surface area contributed by atoms with E-state index in [4.69, 9.17) is 0 Å². The molecule has 0 amide bonds. The van der Waals surface area contributed by atoms with Crippen molar-refractivity contribution >= 4 is 11.8 Å². The van der Waals surface area contributed by atoms with Gasteiger partial charge in [-0.1, -0.05) is 13.5 Å². The van der Waals surface area contributed by atoms with Crippen LogP contribution in [-0.2, 0) is 0 Å². The molecule has 0 aromatic rings. The molecule has 0 aliphatic carbocycles. The SMILES string of the molecule is C=C1SCCC1C. The van der Waals surface area contributed by atoms with E-state index >= 15 is 0 Å². The fourth-order valence-corrected chi connectivity index (χ4v) is 1.81. The molecule has 0 N–H and O–H groups in total. The molecule has 7 heavy (non-hydrogen) atoms. The smallest absolute Gasteiger partial charge is 0.00174 e. The van der Waals surface area contributed by atoms with Gasteiger partial charge in [-0.2, -0.15) is 0 Å². The predicted molar refractivity (Wildman–Crippen MR) is 35.4 cm³/mol. The molecule has 1 heterocycles. The van der Waals surface area contributed by atoms with Gasteiger partial charge in [0.05, 0.1) is 0 Å². The van der Waals surface area contributed by atoms with Gasteiger partial charge in [0.2, 0.25) is 0 Å². The number of thioether (sulfide) groups is 1. The van der Waals surface area contributed by atoms with Crippen LogP contribution in [0.3, 0.4) is 0 Å². The highest BCUT2D eigenvalue weighted by atomic mass is 32.2. The molecule has 1 atom stereocenters. The summed E-state index contributed by atoms with van der Waals surface area (Å²) in [6.45, 7) is 6.14. The van der Waals surface area contributed by atoms with Gasteiger partial charge in [-0.3, -0.25) is 0 Å². The lowest BCUT2D eigenvalue weighted by Crippen LogP contribution is -1.83. The minimum Gasteiger partial charge on any atom is -0.131 e. The molecule has 1 rings (SSSR count). The lowest BCUT2D eigenvalue weighted by Gasteiger charge is -1.95. The number of hydrogen-bond donors (Lipinski definition) is 0. The van der Waals surface area contributed by atoms with Crippen molar-refractivity contribution in [2.75, 3.05) is 5.75 Å². The van der Waals surface area contributed by atoms with Crippen molar-refractivity contribution in [3.8, 4) is 0 Å². The summed E-state index contributed by atoms with van der Waals surface area (Å²) in [6.07, 6.45) is 1.34. The van der Waals surface area contributed by atoms with Crippen LogP contribution in [0.5, 0.6) is 0 Å². The summed E-state index contributed by atoms with van der Waals surface area (Å²) in [6, 6.07) is 0. The highest BCUT2D eigenvalue weighted by Gasteiger charge is 2.13. The molecule has 0 aromatic carbocycles. The third kappa shape index (κ3) is 1.00. The minimum absolute atomic E-state index is 0.782. The third-order valence-corrected chi connectivity index (χ3v) is 2.60. The molecule has 1 aliphatic rings. The van der Waals surface area contributed by atoms with Crippen LogP contribution in [-0.4, -0.2) is 5.75 Å². The summed E-state index contributed by atoms with van der Waals surface area (Å²) >= 11 is 1.91. The molecule has 1 saturated heterocycles. The van der Waals surface area contributed by atoms with Crippen molar-refractivity contribution in [3.05, 3.63) is 11.5 Å². The van der Waals surface area contributed by atoms with E-state index in [0.29, 0.717) is 0 Å². The minimum atomic E-state index is 0.782. The van der Waals surface area contributed by atoms with E-state index in [0.717, 1.165) is 5.92 Å². The van der Waals surface area contributed by atoms with E-state index < -0.39 is 0 Å². The van der Waals surface area contributed by atoms with Crippen LogP contribution < -0.4 is 0 Å². The summed E-state index contributed by atoms with van der Waals surface area (Å²) in [5.41, 5.74) is 0. The molecule has 1 aliphatic heterocycles. The average Bonchev–Trinajstić information content (AvgIpc) is 1.91. The van der Waals surface area contributed by atoms with Gasteiger partial charge >= 0.3 is 0 Å². The van der Waals surface area contributed by atoms with Gasteiger partial charge in [-0.15, -0.1) is 11.8 Å². The van der Waals surface area contributed by atoms with Crippen molar-refractivity contribution in [1.29, 1.82) is 0 Å². The fraction of sp³-hybridized carbons (Fsp3) is 0.667. The van der Waals surface area contributed by atoms with E-state index in [9.17, 15) is 0 Å². The molecule has 1 unspecified atom stereocenters. The van der Waals surface area contributed by atoms with E-state index in [-0.39, 0.29) is 0 Å². The third-order valence-electron chi connectivity index (χ3n) is 1.39. The molecule has 0 bridgehead atoms. The Hall–Kier alpha value is 0.0900. The van der Waals surface area contributed by atoms with Crippen molar-refractivity contribution in [3.63, 3.8) is 0 Å². The summed E-state index contributed by atoms with van der Waals surface area (Å²) in [5.74, 6) is 2.07. The first-order valence-electron chi connectivity index (χ1n) is 2.62. The zero-order chi connectivity index (χ0) is 5.28. The maximum absolute atomic E-state index is 3.90. The molecular weight excluding hydrogens is 104 g/mol. The second-order valence-electron chi connectivity index (χ2n) is 2.00. The lowest BCUT2D eigenvalue weighted by atomic mass is 10.1. The molecule has 1 heteroatoms. The van der Waals surface area contributed by atoms with Crippen LogP contribution in [0.4, 0.5) is 0 Å². The van der Waals surface area contributed by atoms with Crippen LogP contribution in [0.2, 0.25) is 0 Å². The topological polar surface area (TPSA) is 0 Å². The lowest BCUT2D eigenvalue weighted by molar-refractivity contribution is 0.719. The Bertz CT molecular complexity index is 86.2. The monoisotopic (exact) mass is 114 g/mol. The number of rotatable bonds is 0. The van der Waals surface area contributed by atoms with Crippen LogP contribution in [0, 0.1) is 5.92 Å². The molecular formula is C6H10S. The molecule has 0 radical (unpaired) electrons. The molecule has 40 valence electrons. The first-order chi connectivity index (χ1) is 3.30. The maximum atomic E-state index is 3.90. The largest absolute Gasteiger partial charge is 0.131 e. The van der Waals surface area contributed by atoms with Crippen molar-refractivity contribution in [1.82, 2.24) is 0 Å². The Kier molecular flexibility index (Phi) is 1.43. The molecule has 0 spiro atoms. The Balaban J connectivity index is 2.48. The summed E-state index contributed by atoms with van der Waals surface area (Å²) in [5, 5.41) is 0. The second-order valence-corrected chi connectivity index (χ2v) is 3.23. The van der Waals surface area contributed by atoms with Crippen molar-refractivity contribution < 1.29 is 0 Å². The highest BCUT2D eigenvalue weighted by Crippen LogP contribution is 2.33. The zero-order valence-corrected chi connectivity index (χ0v) is 5.42. The van der Waals surface area contributed by atoms with Gasteiger partial charge in [-0.05, 0) is 23.0 Å². The van der Waals surface area contributed by atoms with E-state index in [2.05, 4.69) is 13.5 Å². The first-order valence-corrected chi connectivity index (χ1v) is 3.61. The molecule has 0 aromatic heterocycles. The van der Waals surface area contributed by atoms with Gasteiger partial charge in [0.15, 0.2) is 0 Å². The fourth-order valence-electron chi connectivity index (χ4n) is 0.670. The Morgan fingerprint density at radius 1 is 1.86 bits per heavy atom. The van der Waals surface area contributed by atoms with Gasteiger partial charge in [0.1, 0.15) is 0 Å². The molecule has 1 fully saturated rings.